The zero-order valence-corrected chi connectivity index (χ0v) is 10.2. The Morgan fingerprint density at radius 2 is 2.00 bits per heavy atom. The molecule has 1 aromatic heterocycles. The zero-order chi connectivity index (χ0) is 12.4. The molecule has 2 rings (SSSR count). The summed E-state index contributed by atoms with van der Waals surface area (Å²) in [5.74, 6) is 4.10. The van der Waals surface area contributed by atoms with Crippen molar-refractivity contribution in [1.29, 1.82) is 0 Å². The van der Waals surface area contributed by atoms with Crippen LogP contribution in [0.2, 0.25) is 0 Å². The highest BCUT2D eigenvalue weighted by Gasteiger charge is 2.20. The third kappa shape index (κ3) is 2.38. The number of halogens is 3. The summed E-state index contributed by atoms with van der Waals surface area (Å²) in [5.41, 5.74) is 3.35. The van der Waals surface area contributed by atoms with Gasteiger partial charge < -0.3 is 4.42 Å². The normalized spacial score (nSPS) is 12.7. The first-order valence-corrected chi connectivity index (χ1v) is 5.56. The van der Waals surface area contributed by atoms with E-state index < -0.39 is 17.7 Å². The van der Waals surface area contributed by atoms with E-state index in [-0.39, 0.29) is 5.56 Å². The van der Waals surface area contributed by atoms with Crippen LogP contribution >= 0.6 is 15.9 Å². The van der Waals surface area contributed by atoms with E-state index in [9.17, 15) is 8.78 Å². The highest BCUT2D eigenvalue weighted by Crippen LogP contribution is 2.30. The van der Waals surface area contributed by atoms with Crippen molar-refractivity contribution >= 4 is 15.9 Å². The van der Waals surface area contributed by atoms with E-state index in [0.717, 1.165) is 6.07 Å². The van der Waals surface area contributed by atoms with Gasteiger partial charge in [0, 0.05) is 17.2 Å². The molecule has 0 bridgehead atoms. The molecule has 2 aromatic rings. The lowest BCUT2D eigenvalue weighted by molar-refractivity contribution is 0.515. The molecule has 1 atom stereocenters. The molecule has 0 radical (unpaired) electrons. The Morgan fingerprint density at radius 3 is 2.53 bits per heavy atom. The van der Waals surface area contributed by atoms with E-state index in [1.54, 1.807) is 6.07 Å². The van der Waals surface area contributed by atoms with Gasteiger partial charge in [-0.15, -0.1) is 0 Å². The number of nitrogens with two attached hydrogens (primary N) is 1. The molecule has 17 heavy (non-hydrogen) atoms. The molecule has 0 aliphatic rings. The second-order valence-corrected chi connectivity index (χ2v) is 4.14. The number of benzene rings is 1. The van der Waals surface area contributed by atoms with Crippen LogP contribution in [0.4, 0.5) is 8.78 Å². The summed E-state index contributed by atoms with van der Waals surface area (Å²) in [4.78, 5) is 0. The molecular formula is C11H9BrF2N2O. The molecule has 0 saturated heterocycles. The third-order valence-corrected chi connectivity index (χ3v) is 3.04. The van der Waals surface area contributed by atoms with Crippen molar-refractivity contribution < 1.29 is 13.2 Å². The quantitative estimate of drug-likeness (QED) is 0.677. The van der Waals surface area contributed by atoms with E-state index in [1.165, 1.54) is 18.4 Å². The van der Waals surface area contributed by atoms with Crippen LogP contribution in [0.5, 0.6) is 0 Å². The molecule has 90 valence electrons. The number of furan rings is 1. The van der Waals surface area contributed by atoms with E-state index >= 15 is 0 Å². The highest BCUT2D eigenvalue weighted by molar-refractivity contribution is 9.10. The fourth-order valence-corrected chi connectivity index (χ4v) is 2.06. The lowest BCUT2D eigenvalue weighted by Crippen LogP contribution is -2.29. The smallest absolute Gasteiger partial charge is 0.174 e. The number of hydrazine groups is 1. The summed E-state index contributed by atoms with van der Waals surface area (Å²) in [6.45, 7) is 0. The Labute approximate surface area is 105 Å². The van der Waals surface area contributed by atoms with E-state index in [1.807, 2.05) is 0 Å². The van der Waals surface area contributed by atoms with Gasteiger partial charge in [-0.3, -0.25) is 5.84 Å². The summed E-state index contributed by atoms with van der Waals surface area (Å²) in [6.07, 6.45) is 1.45. The molecule has 0 aliphatic carbocycles. The van der Waals surface area contributed by atoms with Gasteiger partial charge in [-0.2, -0.15) is 0 Å². The predicted molar refractivity (Wildman–Crippen MR) is 61.9 cm³/mol. The number of nitrogens with one attached hydrogen (secondary N) is 1. The Hall–Kier alpha value is -1.24. The van der Waals surface area contributed by atoms with Gasteiger partial charge in [0.2, 0.25) is 0 Å². The molecular weight excluding hydrogens is 294 g/mol. The maximum absolute atomic E-state index is 13.6. The molecule has 0 amide bonds. The minimum absolute atomic E-state index is 0.246. The largest absolute Gasteiger partial charge is 0.457 e. The highest BCUT2D eigenvalue weighted by atomic mass is 79.9. The molecule has 0 fully saturated rings. The summed E-state index contributed by atoms with van der Waals surface area (Å²) in [7, 11) is 0. The van der Waals surface area contributed by atoms with Gasteiger partial charge in [0.25, 0.3) is 0 Å². The van der Waals surface area contributed by atoms with Crippen molar-refractivity contribution in [2.24, 2.45) is 5.84 Å². The topological polar surface area (TPSA) is 51.2 Å². The van der Waals surface area contributed by atoms with Gasteiger partial charge in [-0.25, -0.2) is 14.2 Å². The molecule has 6 heteroatoms. The van der Waals surface area contributed by atoms with Crippen molar-refractivity contribution in [2.75, 3.05) is 0 Å². The van der Waals surface area contributed by atoms with Gasteiger partial charge in [0.1, 0.15) is 11.6 Å². The van der Waals surface area contributed by atoms with Crippen molar-refractivity contribution in [3.8, 4) is 0 Å². The Morgan fingerprint density at radius 1 is 1.24 bits per heavy atom. The van der Waals surface area contributed by atoms with Crippen molar-refractivity contribution in [3.63, 3.8) is 0 Å². The fraction of sp³-hybridized carbons (Fsp3) is 0.0909. The summed E-state index contributed by atoms with van der Waals surface area (Å²) in [6, 6.07) is 4.37. The first-order valence-electron chi connectivity index (χ1n) is 4.77. The Kier molecular flexibility index (Phi) is 3.56. The van der Waals surface area contributed by atoms with Crippen LogP contribution in [-0.4, -0.2) is 0 Å². The van der Waals surface area contributed by atoms with Crippen LogP contribution in [0.3, 0.4) is 0 Å². The van der Waals surface area contributed by atoms with Crippen LogP contribution in [0.25, 0.3) is 0 Å². The van der Waals surface area contributed by atoms with Gasteiger partial charge in [-0.05, 0) is 28.1 Å². The lowest BCUT2D eigenvalue weighted by Gasteiger charge is -2.16. The van der Waals surface area contributed by atoms with Crippen LogP contribution in [0.1, 0.15) is 17.2 Å². The average Bonchev–Trinajstić information content (AvgIpc) is 2.69. The first-order chi connectivity index (χ1) is 8.13. The van der Waals surface area contributed by atoms with Crippen LogP contribution in [0, 0.1) is 11.6 Å². The zero-order valence-electron chi connectivity index (χ0n) is 8.58. The first kappa shape index (κ1) is 12.2. The molecule has 1 unspecified atom stereocenters. The number of rotatable bonds is 3. The standard InChI is InChI=1S/C11H9BrF2N2O/c12-11-8(3-4-17-11)10(16-15)7-2-1-6(13)5-9(7)14/h1-5,10,16H,15H2. The SMILES string of the molecule is NNC(c1ccc(F)cc1F)c1ccoc1Br. The van der Waals surface area contributed by atoms with Crippen LogP contribution < -0.4 is 11.3 Å². The van der Waals surface area contributed by atoms with E-state index in [4.69, 9.17) is 10.3 Å². The van der Waals surface area contributed by atoms with Crippen LogP contribution in [-0.2, 0) is 0 Å². The fourth-order valence-electron chi connectivity index (χ4n) is 1.59. The minimum atomic E-state index is -0.666. The molecule has 3 N–H and O–H groups in total. The Balaban J connectivity index is 2.46. The third-order valence-electron chi connectivity index (χ3n) is 2.40. The Bertz CT molecular complexity index is 530. The van der Waals surface area contributed by atoms with Gasteiger partial charge >= 0.3 is 0 Å². The molecule has 0 spiro atoms. The van der Waals surface area contributed by atoms with Gasteiger partial charge in [-0.1, -0.05) is 6.07 Å². The van der Waals surface area contributed by atoms with E-state index in [2.05, 4.69) is 21.4 Å². The summed E-state index contributed by atoms with van der Waals surface area (Å²) >= 11 is 3.19. The maximum Gasteiger partial charge on any atom is 0.174 e. The minimum Gasteiger partial charge on any atom is -0.457 e. The molecule has 1 aromatic carbocycles. The van der Waals surface area contributed by atoms with Crippen molar-refractivity contribution in [2.45, 2.75) is 6.04 Å². The molecule has 1 heterocycles. The van der Waals surface area contributed by atoms with Gasteiger partial charge in [0.05, 0.1) is 12.3 Å². The van der Waals surface area contributed by atoms with Crippen LogP contribution in [0.15, 0.2) is 39.6 Å². The molecule has 0 saturated carbocycles. The summed E-state index contributed by atoms with van der Waals surface area (Å²) in [5, 5.41) is 0. The predicted octanol–water partition coefficient (Wildman–Crippen LogP) is 2.87. The monoisotopic (exact) mass is 302 g/mol. The average molecular weight is 303 g/mol. The van der Waals surface area contributed by atoms with Gasteiger partial charge in [0.15, 0.2) is 4.67 Å². The van der Waals surface area contributed by atoms with Crippen molar-refractivity contribution in [1.82, 2.24) is 5.43 Å². The number of hydrogen-bond donors (Lipinski definition) is 2. The summed E-state index contributed by atoms with van der Waals surface area (Å²) < 4.78 is 32.0. The van der Waals surface area contributed by atoms with Crippen molar-refractivity contribution in [3.05, 3.63) is 58.0 Å². The molecule has 3 nitrogen and oxygen atoms in total. The van der Waals surface area contributed by atoms with E-state index in [0.29, 0.717) is 10.2 Å². The second kappa shape index (κ2) is 4.95. The molecule has 0 aliphatic heterocycles. The number of hydrogen-bond acceptors (Lipinski definition) is 3. The lowest BCUT2D eigenvalue weighted by atomic mass is 10.0. The second-order valence-electron chi connectivity index (χ2n) is 3.42. The maximum atomic E-state index is 13.6.